The van der Waals surface area contributed by atoms with Crippen molar-refractivity contribution in [3.63, 3.8) is 0 Å². The van der Waals surface area contributed by atoms with Gasteiger partial charge in [-0.25, -0.2) is 13.2 Å². The van der Waals surface area contributed by atoms with Gasteiger partial charge in [0.15, 0.2) is 0 Å². The molecule has 0 unspecified atom stereocenters. The van der Waals surface area contributed by atoms with Crippen molar-refractivity contribution in [1.29, 1.82) is 0 Å². The summed E-state index contributed by atoms with van der Waals surface area (Å²) >= 11 is 6.04. The summed E-state index contributed by atoms with van der Waals surface area (Å²) in [6.07, 6.45) is 1.53. The van der Waals surface area contributed by atoms with E-state index in [0.717, 1.165) is 11.1 Å². The molecule has 3 fully saturated rings. The van der Waals surface area contributed by atoms with Crippen molar-refractivity contribution in [2.45, 2.75) is 68.2 Å². The van der Waals surface area contributed by atoms with Crippen LogP contribution in [0.2, 0.25) is 5.02 Å². The Morgan fingerprint density at radius 1 is 0.827 bits per heavy atom. The standard InChI is InChI=1S/C35H42ClN3O5S.C2HF3O2/c36-29-10-6-27(7-11-29)28-8-12-31(13-9-28)44-32-18-21-39(34(24-32)35(40)38-22-19-37-20-23-38)45(41,42)33-16-14-30(15-17-33)43-25-26-4-2-1-3-5-26;3-2(4,5)1(6)7/h6-17,26,32,34,37H,1-5,18-25H2;(H,6,7)/t32-,34+;/m0./s1. The van der Waals surface area contributed by atoms with Crippen LogP contribution >= 0.6 is 11.6 Å². The molecule has 2 atom stereocenters. The Bertz CT molecular complexity index is 1730. The van der Waals surface area contributed by atoms with E-state index in [1.165, 1.54) is 36.4 Å². The molecule has 2 heterocycles. The van der Waals surface area contributed by atoms with Gasteiger partial charge in [-0.1, -0.05) is 55.1 Å². The van der Waals surface area contributed by atoms with Crippen molar-refractivity contribution in [3.8, 4) is 22.6 Å². The monoisotopic (exact) mass is 765 g/mol. The lowest BCUT2D eigenvalue weighted by Crippen LogP contribution is -2.58. The van der Waals surface area contributed by atoms with E-state index < -0.39 is 28.2 Å². The smallest absolute Gasteiger partial charge is 0.490 e. The molecule has 6 rings (SSSR count). The highest BCUT2D eigenvalue weighted by atomic mass is 35.5. The Labute approximate surface area is 306 Å². The maximum Gasteiger partial charge on any atom is 0.490 e. The lowest BCUT2D eigenvalue weighted by Gasteiger charge is -2.40. The fourth-order valence-electron chi connectivity index (χ4n) is 6.60. The van der Waals surface area contributed by atoms with Crippen LogP contribution < -0.4 is 14.8 Å². The van der Waals surface area contributed by atoms with Gasteiger partial charge < -0.3 is 24.8 Å². The van der Waals surface area contributed by atoms with Crippen molar-refractivity contribution >= 4 is 33.5 Å². The molecule has 3 aromatic carbocycles. The number of aliphatic carboxylic acids is 1. The molecule has 2 N–H and O–H groups in total. The Balaban J connectivity index is 0.000000679. The second-order valence-corrected chi connectivity index (χ2v) is 15.4. The van der Waals surface area contributed by atoms with Crippen molar-refractivity contribution in [3.05, 3.63) is 77.8 Å². The topological polar surface area (TPSA) is 125 Å². The summed E-state index contributed by atoms with van der Waals surface area (Å²) in [7, 11) is -3.93. The number of ether oxygens (including phenoxy) is 2. The van der Waals surface area contributed by atoms with Gasteiger partial charge in [0.25, 0.3) is 0 Å². The van der Waals surface area contributed by atoms with Crippen LogP contribution in [-0.2, 0) is 19.6 Å². The third-order valence-electron chi connectivity index (χ3n) is 9.44. The fraction of sp³-hybridized carbons (Fsp3) is 0.459. The van der Waals surface area contributed by atoms with Crippen molar-refractivity contribution in [2.75, 3.05) is 39.3 Å². The maximum atomic E-state index is 14.0. The van der Waals surface area contributed by atoms with Gasteiger partial charge in [-0.15, -0.1) is 0 Å². The number of halogens is 4. The third-order valence-corrected chi connectivity index (χ3v) is 11.6. The number of piperidine rings is 1. The zero-order valence-electron chi connectivity index (χ0n) is 28.6. The number of nitrogens with one attached hydrogen (secondary N) is 1. The summed E-state index contributed by atoms with van der Waals surface area (Å²) in [5.74, 6) is -1.01. The van der Waals surface area contributed by atoms with Crippen molar-refractivity contribution in [1.82, 2.24) is 14.5 Å². The predicted octanol–water partition coefficient (Wildman–Crippen LogP) is 6.63. The highest BCUT2D eigenvalue weighted by Gasteiger charge is 2.43. The van der Waals surface area contributed by atoms with E-state index in [9.17, 15) is 26.4 Å². The van der Waals surface area contributed by atoms with Crippen LogP contribution in [0.25, 0.3) is 11.1 Å². The SMILES string of the molecule is O=C(O)C(F)(F)F.O=C([C@H]1C[C@@H](Oc2ccc(-c3ccc(Cl)cc3)cc2)CCN1S(=O)(=O)c1ccc(OCC2CCCCC2)cc1)N1CCNCC1. The van der Waals surface area contributed by atoms with Crippen LogP contribution in [0.15, 0.2) is 77.7 Å². The lowest BCUT2D eigenvalue weighted by molar-refractivity contribution is -0.192. The summed E-state index contributed by atoms with van der Waals surface area (Å²) < 4.78 is 73.5. The number of sulfonamides is 1. The Hall–Kier alpha value is -3.85. The molecule has 15 heteroatoms. The zero-order valence-corrected chi connectivity index (χ0v) is 30.1. The van der Waals surface area contributed by atoms with Crippen LogP contribution in [0.4, 0.5) is 13.2 Å². The molecule has 52 heavy (non-hydrogen) atoms. The van der Waals surface area contributed by atoms with Crippen LogP contribution in [-0.4, -0.2) is 92.3 Å². The molecule has 10 nitrogen and oxygen atoms in total. The summed E-state index contributed by atoms with van der Waals surface area (Å²) in [6.45, 7) is 3.33. The number of carbonyl (C=O) groups excluding carboxylic acids is 1. The van der Waals surface area contributed by atoms with E-state index in [0.29, 0.717) is 61.6 Å². The number of carboxylic acids is 1. The molecule has 3 aliphatic rings. The van der Waals surface area contributed by atoms with Gasteiger partial charge >= 0.3 is 12.1 Å². The molecule has 1 aliphatic carbocycles. The number of piperazine rings is 1. The number of nitrogens with zero attached hydrogens (tertiary/aromatic N) is 2. The lowest BCUT2D eigenvalue weighted by atomic mass is 9.90. The summed E-state index contributed by atoms with van der Waals surface area (Å²) in [6, 6.07) is 21.3. The fourth-order valence-corrected chi connectivity index (χ4v) is 8.33. The molecule has 0 bridgehead atoms. The zero-order chi connectivity index (χ0) is 37.3. The van der Waals surface area contributed by atoms with E-state index in [1.807, 2.05) is 48.5 Å². The minimum absolute atomic E-state index is 0.168. The van der Waals surface area contributed by atoms with Gasteiger partial charge in [0.05, 0.1) is 11.5 Å². The molecule has 0 spiro atoms. The van der Waals surface area contributed by atoms with Gasteiger partial charge in [-0.2, -0.15) is 17.5 Å². The average Bonchev–Trinajstić information content (AvgIpc) is 3.15. The molecule has 282 valence electrons. The quantitative estimate of drug-likeness (QED) is 0.249. The van der Waals surface area contributed by atoms with Gasteiger partial charge in [0, 0.05) is 44.2 Å². The first kappa shape index (κ1) is 39.4. The minimum Gasteiger partial charge on any atom is -0.493 e. The molecular formula is C37H43ClF3N3O7S. The molecule has 0 aromatic heterocycles. The highest BCUT2D eigenvalue weighted by molar-refractivity contribution is 7.89. The third kappa shape index (κ3) is 10.6. The van der Waals surface area contributed by atoms with E-state index >= 15 is 0 Å². The molecule has 2 aliphatic heterocycles. The second-order valence-electron chi connectivity index (χ2n) is 13.1. The van der Waals surface area contributed by atoms with E-state index in [4.69, 9.17) is 31.0 Å². The number of rotatable bonds is 9. The first-order valence-electron chi connectivity index (χ1n) is 17.4. The number of alkyl halides is 3. The van der Waals surface area contributed by atoms with Crippen LogP contribution in [0, 0.1) is 5.92 Å². The summed E-state index contributed by atoms with van der Waals surface area (Å²) in [5.41, 5.74) is 2.09. The first-order chi connectivity index (χ1) is 24.8. The predicted molar refractivity (Wildman–Crippen MR) is 190 cm³/mol. The number of amides is 1. The number of carbonyl (C=O) groups is 2. The molecule has 3 aromatic rings. The molecule has 2 saturated heterocycles. The normalized spacial score (nSPS) is 20.3. The molecule has 1 saturated carbocycles. The highest BCUT2D eigenvalue weighted by Crippen LogP contribution is 2.32. The van der Waals surface area contributed by atoms with E-state index in [2.05, 4.69) is 5.32 Å². The molecular weight excluding hydrogens is 723 g/mol. The average molecular weight is 766 g/mol. The number of carboxylic acid groups (broad SMARTS) is 1. The number of benzene rings is 3. The maximum absolute atomic E-state index is 14.0. The van der Waals surface area contributed by atoms with Crippen LogP contribution in [0.1, 0.15) is 44.9 Å². The Kier molecular flexibility index (Phi) is 13.5. The van der Waals surface area contributed by atoms with Crippen molar-refractivity contribution < 1.29 is 45.8 Å². The Morgan fingerprint density at radius 2 is 1.38 bits per heavy atom. The number of hydrogen-bond donors (Lipinski definition) is 2. The minimum atomic E-state index is -5.08. The van der Waals surface area contributed by atoms with Gasteiger partial charge in [0.1, 0.15) is 23.6 Å². The summed E-state index contributed by atoms with van der Waals surface area (Å²) in [5, 5.41) is 11.1. The van der Waals surface area contributed by atoms with Gasteiger partial charge in [-0.3, -0.25) is 4.79 Å². The molecule has 1 amide bonds. The van der Waals surface area contributed by atoms with E-state index in [-0.39, 0.29) is 29.9 Å². The second kappa shape index (κ2) is 17.8. The van der Waals surface area contributed by atoms with Crippen LogP contribution in [0.3, 0.4) is 0 Å². The largest absolute Gasteiger partial charge is 0.493 e. The van der Waals surface area contributed by atoms with Crippen molar-refractivity contribution in [2.24, 2.45) is 5.92 Å². The van der Waals surface area contributed by atoms with Gasteiger partial charge in [0.2, 0.25) is 15.9 Å². The number of hydrogen-bond acceptors (Lipinski definition) is 7. The van der Waals surface area contributed by atoms with Gasteiger partial charge in [-0.05, 0) is 84.8 Å². The van der Waals surface area contributed by atoms with Crippen LogP contribution in [0.5, 0.6) is 11.5 Å². The van der Waals surface area contributed by atoms with E-state index in [1.54, 1.807) is 29.2 Å². The first-order valence-corrected chi connectivity index (χ1v) is 19.2. The Morgan fingerprint density at radius 3 is 1.96 bits per heavy atom. The molecule has 0 radical (unpaired) electrons. The summed E-state index contributed by atoms with van der Waals surface area (Å²) in [4.78, 5) is 24.7.